The number of anilines is 1. The van der Waals surface area contributed by atoms with Gasteiger partial charge >= 0.3 is 12.1 Å². The number of benzene rings is 2. The summed E-state index contributed by atoms with van der Waals surface area (Å²) >= 11 is 0. The highest BCUT2D eigenvalue weighted by molar-refractivity contribution is 5.74. The second kappa shape index (κ2) is 12.6. The molecule has 1 saturated heterocycles. The van der Waals surface area contributed by atoms with Crippen molar-refractivity contribution < 1.29 is 31.9 Å². The Morgan fingerprint density at radius 2 is 1.81 bits per heavy atom. The molecule has 1 aliphatic heterocycles. The Bertz CT molecular complexity index is 1490. The normalized spacial score (nSPS) is 16.9. The average molecular weight is 581 g/mol. The predicted octanol–water partition coefficient (Wildman–Crippen LogP) is 5.94. The molecule has 0 aliphatic carbocycles. The van der Waals surface area contributed by atoms with Crippen LogP contribution in [0.15, 0.2) is 71.3 Å². The lowest BCUT2D eigenvalue weighted by Crippen LogP contribution is -2.27. The van der Waals surface area contributed by atoms with Gasteiger partial charge in [0.1, 0.15) is 17.2 Å². The topological polar surface area (TPSA) is 90.6 Å². The van der Waals surface area contributed by atoms with Crippen molar-refractivity contribution in [2.24, 2.45) is 11.8 Å². The second-order valence-electron chi connectivity index (χ2n) is 10.1. The number of carbonyl (C=O) groups excluding carboxylic acids is 1. The molecule has 0 N–H and O–H groups in total. The summed E-state index contributed by atoms with van der Waals surface area (Å²) in [5.74, 6) is 0.881. The maximum atomic E-state index is 13.2. The van der Waals surface area contributed by atoms with E-state index < -0.39 is 17.8 Å². The summed E-state index contributed by atoms with van der Waals surface area (Å²) in [4.78, 5) is 26.7. The molecule has 0 spiro atoms. The molecular formula is C31H31F3N4O4. The maximum Gasteiger partial charge on any atom is 0.433 e. The zero-order chi connectivity index (χ0) is 29.7. The summed E-state index contributed by atoms with van der Waals surface area (Å²) in [5, 5.41) is 0. The Labute approximate surface area is 241 Å². The maximum absolute atomic E-state index is 13.2. The Morgan fingerprint density at radius 1 is 1.05 bits per heavy atom. The summed E-state index contributed by atoms with van der Waals surface area (Å²) in [6.45, 7) is 4.75. The van der Waals surface area contributed by atoms with Crippen molar-refractivity contribution in [2.75, 3.05) is 31.2 Å². The van der Waals surface area contributed by atoms with Crippen molar-refractivity contribution in [2.45, 2.75) is 32.9 Å². The van der Waals surface area contributed by atoms with Crippen LogP contribution >= 0.6 is 0 Å². The molecule has 1 aliphatic rings. The third-order valence-electron chi connectivity index (χ3n) is 7.19. The van der Waals surface area contributed by atoms with E-state index in [1.807, 2.05) is 61.5 Å². The Hall–Kier alpha value is -4.41. The van der Waals surface area contributed by atoms with Crippen LogP contribution in [0.1, 0.15) is 29.6 Å². The molecule has 0 radical (unpaired) electrons. The smallest absolute Gasteiger partial charge is 0.433 e. The van der Waals surface area contributed by atoms with E-state index in [1.165, 1.54) is 0 Å². The fourth-order valence-corrected chi connectivity index (χ4v) is 5.07. The molecule has 42 heavy (non-hydrogen) atoms. The highest BCUT2D eigenvalue weighted by Gasteiger charge is 2.40. The van der Waals surface area contributed by atoms with Gasteiger partial charge in [0.25, 0.3) is 0 Å². The Kier molecular flexibility index (Phi) is 8.75. The highest BCUT2D eigenvalue weighted by atomic mass is 19.4. The van der Waals surface area contributed by atoms with Gasteiger partial charge < -0.3 is 18.8 Å². The van der Waals surface area contributed by atoms with Crippen molar-refractivity contribution in [1.82, 2.24) is 15.0 Å². The fraction of sp³-hybridized carbons (Fsp3) is 0.355. The second-order valence-corrected chi connectivity index (χ2v) is 10.1. The van der Waals surface area contributed by atoms with Gasteiger partial charge in [-0.1, -0.05) is 30.3 Å². The first kappa shape index (κ1) is 29.1. The SMILES string of the molecule is CCOC(=O)[C@H]1CN(c2nccc(C(F)(F)F)n2)C[C@H]1Cc1ccc(OCCc2nc(-c3ccccc3)oc2C)cc1. The molecule has 2 atom stereocenters. The molecule has 4 aromatic rings. The molecule has 0 unspecified atom stereocenters. The number of hydrogen-bond donors (Lipinski definition) is 0. The summed E-state index contributed by atoms with van der Waals surface area (Å²) in [7, 11) is 0. The van der Waals surface area contributed by atoms with Gasteiger partial charge in [0, 0.05) is 31.3 Å². The average Bonchev–Trinajstić information content (AvgIpc) is 3.58. The predicted molar refractivity (Wildman–Crippen MR) is 149 cm³/mol. The van der Waals surface area contributed by atoms with Crippen molar-refractivity contribution in [3.05, 3.63) is 89.6 Å². The number of oxazole rings is 1. The van der Waals surface area contributed by atoms with E-state index >= 15 is 0 Å². The molecule has 5 rings (SSSR count). The van der Waals surface area contributed by atoms with Gasteiger partial charge in [-0.25, -0.2) is 15.0 Å². The number of halogens is 3. The largest absolute Gasteiger partial charge is 0.493 e. The van der Waals surface area contributed by atoms with Gasteiger partial charge in [0.05, 0.1) is 24.8 Å². The third kappa shape index (κ3) is 6.89. The molecule has 2 aromatic heterocycles. The number of hydrogen-bond acceptors (Lipinski definition) is 8. The van der Waals surface area contributed by atoms with E-state index in [0.717, 1.165) is 34.8 Å². The lowest BCUT2D eigenvalue weighted by atomic mass is 9.90. The van der Waals surface area contributed by atoms with Gasteiger partial charge in [-0.15, -0.1) is 0 Å². The number of carbonyl (C=O) groups is 1. The van der Waals surface area contributed by atoms with Crippen molar-refractivity contribution in [1.29, 1.82) is 0 Å². The number of aryl methyl sites for hydroxylation is 1. The molecule has 0 amide bonds. The van der Waals surface area contributed by atoms with Crippen LogP contribution in [0.3, 0.4) is 0 Å². The van der Waals surface area contributed by atoms with Gasteiger partial charge in [-0.05, 0) is 62.1 Å². The van der Waals surface area contributed by atoms with Crippen LogP contribution in [0.25, 0.3) is 11.5 Å². The molecule has 11 heteroatoms. The number of aromatic nitrogens is 3. The lowest BCUT2D eigenvalue weighted by molar-refractivity contribution is -0.148. The summed E-state index contributed by atoms with van der Waals surface area (Å²) in [6.07, 6.45) is -2.39. The summed E-state index contributed by atoms with van der Waals surface area (Å²) in [5.41, 5.74) is 1.70. The van der Waals surface area contributed by atoms with Crippen molar-refractivity contribution >= 4 is 11.9 Å². The molecule has 0 saturated carbocycles. The van der Waals surface area contributed by atoms with Crippen molar-refractivity contribution in [3.63, 3.8) is 0 Å². The summed E-state index contributed by atoms with van der Waals surface area (Å²) < 4.78 is 56.6. The zero-order valence-electron chi connectivity index (χ0n) is 23.3. The minimum absolute atomic E-state index is 0.0522. The Balaban J connectivity index is 1.20. The quantitative estimate of drug-likeness (QED) is 0.213. The number of rotatable bonds is 10. The van der Waals surface area contributed by atoms with Gasteiger partial charge in [0.15, 0.2) is 0 Å². The number of esters is 1. The number of alkyl halides is 3. The van der Waals surface area contributed by atoms with Gasteiger partial charge in [-0.3, -0.25) is 4.79 Å². The van der Waals surface area contributed by atoms with Crippen LogP contribution < -0.4 is 9.64 Å². The molecule has 220 valence electrons. The summed E-state index contributed by atoms with van der Waals surface area (Å²) in [6, 6.07) is 18.1. The first-order valence-electron chi connectivity index (χ1n) is 13.8. The monoisotopic (exact) mass is 580 g/mol. The van der Waals surface area contributed by atoms with Crippen LogP contribution in [0, 0.1) is 18.8 Å². The van der Waals surface area contributed by atoms with E-state index in [9.17, 15) is 18.0 Å². The minimum Gasteiger partial charge on any atom is -0.493 e. The Morgan fingerprint density at radius 3 is 2.52 bits per heavy atom. The van der Waals surface area contributed by atoms with Gasteiger partial charge in [-0.2, -0.15) is 13.2 Å². The van der Waals surface area contributed by atoms with E-state index in [4.69, 9.17) is 13.9 Å². The molecule has 0 bridgehead atoms. The van der Waals surface area contributed by atoms with Crippen LogP contribution in [0.4, 0.5) is 19.1 Å². The molecule has 1 fully saturated rings. The van der Waals surface area contributed by atoms with Crippen LogP contribution in [-0.2, 0) is 28.5 Å². The highest BCUT2D eigenvalue weighted by Crippen LogP contribution is 2.33. The van der Waals surface area contributed by atoms with E-state index in [1.54, 1.807) is 11.8 Å². The third-order valence-corrected chi connectivity index (χ3v) is 7.19. The number of nitrogens with zero attached hydrogens (tertiary/aromatic N) is 4. The van der Waals surface area contributed by atoms with Crippen LogP contribution in [0.5, 0.6) is 5.75 Å². The molecule has 2 aromatic carbocycles. The lowest BCUT2D eigenvalue weighted by Gasteiger charge is -2.17. The first-order chi connectivity index (χ1) is 20.2. The van der Waals surface area contributed by atoms with E-state index in [2.05, 4.69) is 15.0 Å². The standard InChI is InChI=1S/C31H31F3N4O4/c1-3-40-29(39)25-19-38(30-35-15-13-27(37-30)31(32,33)34)18-23(25)17-21-9-11-24(12-10-21)41-16-14-26-20(2)42-28(36-26)22-7-5-4-6-8-22/h4-13,15,23,25H,3,14,16-19H2,1-2H3/t23-,25+/m1/s1. The van der Waals surface area contributed by atoms with Crippen LogP contribution in [0.2, 0.25) is 0 Å². The minimum atomic E-state index is -4.58. The fourth-order valence-electron chi connectivity index (χ4n) is 5.07. The molecule has 8 nitrogen and oxygen atoms in total. The van der Waals surface area contributed by atoms with E-state index in [-0.39, 0.29) is 31.0 Å². The molecular weight excluding hydrogens is 549 g/mol. The first-order valence-corrected chi connectivity index (χ1v) is 13.8. The zero-order valence-corrected chi connectivity index (χ0v) is 23.3. The number of ether oxygens (including phenoxy) is 2. The van der Waals surface area contributed by atoms with Crippen LogP contribution in [-0.4, -0.2) is 47.2 Å². The van der Waals surface area contributed by atoms with Crippen molar-refractivity contribution in [3.8, 4) is 17.2 Å². The van der Waals surface area contributed by atoms with Gasteiger partial charge in [0.2, 0.25) is 11.8 Å². The van der Waals surface area contributed by atoms with E-state index in [0.29, 0.717) is 37.6 Å². The molecule has 3 heterocycles.